The number of nitrogens with one attached hydrogen (secondary N) is 2. The number of likely N-dealkylation sites (N-methyl/N-ethyl adjacent to an activating group) is 1. The number of anilines is 2. The van der Waals surface area contributed by atoms with Crippen molar-refractivity contribution in [2.75, 3.05) is 29.9 Å². The number of hydrogen-bond acceptors (Lipinski definition) is 6. The molecule has 7 nitrogen and oxygen atoms in total. The topological polar surface area (TPSA) is 73.4 Å². The molecule has 0 spiro atoms. The highest BCUT2D eigenvalue weighted by atomic mass is 16.2. The Kier molecular flexibility index (Phi) is 4.81. The average molecular weight is 380 g/mol. The second-order valence-electron chi connectivity index (χ2n) is 7.69. The maximum atomic E-state index is 12.9. The number of carbonyl (C=O) groups excluding carboxylic acids is 1. The molecule has 0 bridgehead atoms. The minimum absolute atomic E-state index is 0.0925. The van der Waals surface area contributed by atoms with Crippen LogP contribution >= 0.6 is 0 Å². The minimum atomic E-state index is -0.624. The van der Waals surface area contributed by atoms with Crippen molar-refractivity contribution in [3.05, 3.63) is 47.9 Å². The molecular weight excluding hydrogens is 352 g/mol. The first-order valence-electron chi connectivity index (χ1n) is 9.98. The van der Waals surface area contributed by atoms with Crippen LogP contribution in [0.4, 0.5) is 11.5 Å². The van der Waals surface area contributed by atoms with Crippen molar-refractivity contribution < 1.29 is 4.79 Å². The lowest BCUT2D eigenvalue weighted by molar-refractivity contribution is -0.120. The third-order valence-electron chi connectivity index (χ3n) is 5.70. The summed E-state index contributed by atoms with van der Waals surface area (Å²) in [5.41, 5.74) is 1.21. The molecule has 148 valence electrons. The van der Waals surface area contributed by atoms with Gasteiger partial charge in [-0.25, -0.2) is 9.97 Å². The second-order valence-corrected chi connectivity index (χ2v) is 7.69. The van der Waals surface area contributed by atoms with E-state index in [1.165, 1.54) is 0 Å². The van der Waals surface area contributed by atoms with Gasteiger partial charge in [-0.15, -0.1) is 0 Å². The molecule has 2 N–H and O–H groups in total. The van der Waals surface area contributed by atoms with Gasteiger partial charge in [0.05, 0.1) is 6.20 Å². The Labute approximate surface area is 166 Å². The Morgan fingerprint density at radius 3 is 2.50 bits per heavy atom. The van der Waals surface area contributed by atoms with Gasteiger partial charge < -0.3 is 9.80 Å². The summed E-state index contributed by atoms with van der Waals surface area (Å²) in [7, 11) is 1.81. The first-order chi connectivity index (χ1) is 13.5. The zero-order valence-corrected chi connectivity index (χ0v) is 16.9. The van der Waals surface area contributed by atoms with Crippen LogP contribution in [0.2, 0.25) is 0 Å². The Morgan fingerprint density at radius 1 is 1.21 bits per heavy atom. The Balaban J connectivity index is 1.88. The monoisotopic (exact) mass is 380 g/mol. The van der Waals surface area contributed by atoms with Crippen LogP contribution in [0.15, 0.2) is 36.5 Å². The predicted octanol–water partition coefficient (Wildman–Crippen LogP) is 1.84. The van der Waals surface area contributed by atoms with Crippen molar-refractivity contribution in [2.24, 2.45) is 0 Å². The van der Waals surface area contributed by atoms with Crippen LogP contribution in [0.1, 0.15) is 38.6 Å². The fourth-order valence-corrected chi connectivity index (χ4v) is 4.30. The molecule has 1 aromatic heterocycles. The molecule has 2 aliphatic rings. The van der Waals surface area contributed by atoms with Crippen LogP contribution in [0.5, 0.6) is 0 Å². The van der Waals surface area contributed by atoms with Crippen molar-refractivity contribution in [3.8, 4) is 0 Å². The van der Waals surface area contributed by atoms with Gasteiger partial charge in [0.25, 0.3) is 0 Å². The van der Waals surface area contributed by atoms with Gasteiger partial charge in [0.2, 0.25) is 5.91 Å². The lowest BCUT2D eigenvalue weighted by Gasteiger charge is -2.43. The first-order valence-corrected chi connectivity index (χ1v) is 9.98. The molecule has 28 heavy (non-hydrogen) atoms. The Bertz CT molecular complexity index is 862. The molecule has 1 aromatic carbocycles. The minimum Gasteiger partial charge on any atom is -0.340 e. The van der Waals surface area contributed by atoms with Crippen molar-refractivity contribution in [2.45, 2.75) is 44.9 Å². The van der Waals surface area contributed by atoms with Gasteiger partial charge in [-0.3, -0.25) is 15.4 Å². The molecule has 1 fully saturated rings. The van der Waals surface area contributed by atoms with Crippen molar-refractivity contribution in [1.29, 1.82) is 0 Å². The summed E-state index contributed by atoms with van der Waals surface area (Å²) in [5.74, 6) is 1.59. The lowest BCUT2D eigenvalue weighted by atomic mass is 9.98. The van der Waals surface area contributed by atoms with E-state index in [0.717, 1.165) is 36.6 Å². The zero-order valence-electron chi connectivity index (χ0n) is 16.9. The molecule has 2 aliphatic heterocycles. The molecule has 1 saturated heterocycles. The van der Waals surface area contributed by atoms with Gasteiger partial charge >= 0.3 is 0 Å². The van der Waals surface area contributed by atoms with Crippen LogP contribution < -0.4 is 20.4 Å². The summed E-state index contributed by atoms with van der Waals surface area (Å²) in [6.45, 7) is 7.92. The van der Waals surface area contributed by atoms with E-state index in [4.69, 9.17) is 9.97 Å². The van der Waals surface area contributed by atoms with Crippen LogP contribution in [0, 0.1) is 0 Å². The molecule has 0 saturated carbocycles. The standard InChI is InChI=1S/C21H28N6O/c1-5-16-19(28)26(4)17-13-22-20(25-18(17)27(16)14(2)3)21(23-11-12-24-21)15-9-7-6-8-10-15/h6-10,13-14,16,23-24H,5,11-12H2,1-4H3/t16-/m1/s1. The van der Waals surface area contributed by atoms with Crippen LogP contribution in [0.25, 0.3) is 0 Å². The van der Waals surface area contributed by atoms with E-state index in [1.54, 1.807) is 11.1 Å². The molecule has 0 aliphatic carbocycles. The number of benzene rings is 1. The summed E-state index contributed by atoms with van der Waals surface area (Å²) in [5, 5.41) is 7.13. The van der Waals surface area contributed by atoms with Crippen molar-refractivity contribution in [3.63, 3.8) is 0 Å². The number of fused-ring (bicyclic) bond motifs is 1. The maximum absolute atomic E-state index is 12.9. The number of carbonyl (C=O) groups is 1. The van der Waals surface area contributed by atoms with Gasteiger partial charge in [-0.05, 0) is 25.8 Å². The third kappa shape index (κ3) is 2.77. The fraction of sp³-hybridized carbons (Fsp3) is 0.476. The highest BCUT2D eigenvalue weighted by Gasteiger charge is 2.43. The summed E-state index contributed by atoms with van der Waals surface area (Å²) < 4.78 is 0. The van der Waals surface area contributed by atoms with Gasteiger partial charge in [-0.2, -0.15) is 0 Å². The number of rotatable bonds is 4. The SMILES string of the molecule is CC[C@@H]1C(=O)N(C)c2cnc(C3(c4ccccc4)NCCN3)nc2N1C(C)C. The van der Waals surface area contributed by atoms with Crippen molar-refractivity contribution in [1.82, 2.24) is 20.6 Å². The predicted molar refractivity (Wildman–Crippen MR) is 110 cm³/mol. The summed E-state index contributed by atoms with van der Waals surface area (Å²) in [6, 6.07) is 10.2. The fourth-order valence-electron chi connectivity index (χ4n) is 4.30. The average Bonchev–Trinajstić information content (AvgIpc) is 3.21. The van der Waals surface area contributed by atoms with Crippen LogP contribution in [0.3, 0.4) is 0 Å². The van der Waals surface area contributed by atoms with E-state index >= 15 is 0 Å². The van der Waals surface area contributed by atoms with Gasteiger partial charge in [0, 0.05) is 26.2 Å². The largest absolute Gasteiger partial charge is 0.340 e. The summed E-state index contributed by atoms with van der Waals surface area (Å²) >= 11 is 0. The highest BCUT2D eigenvalue weighted by molar-refractivity contribution is 6.04. The van der Waals surface area contributed by atoms with E-state index in [-0.39, 0.29) is 18.0 Å². The van der Waals surface area contributed by atoms with Crippen molar-refractivity contribution >= 4 is 17.4 Å². The molecule has 3 heterocycles. The Hall–Kier alpha value is -2.51. The molecule has 0 unspecified atom stereocenters. The third-order valence-corrected chi connectivity index (χ3v) is 5.70. The van der Waals surface area contributed by atoms with E-state index in [2.05, 4.69) is 41.5 Å². The molecule has 7 heteroatoms. The molecule has 4 rings (SSSR count). The van der Waals surface area contributed by atoms with Gasteiger partial charge in [0.15, 0.2) is 17.3 Å². The summed E-state index contributed by atoms with van der Waals surface area (Å²) in [4.78, 5) is 26.4. The molecule has 2 aromatic rings. The lowest BCUT2D eigenvalue weighted by Crippen LogP contribution is -2.55. The normalized spacial score (nSPS) is 21.3. The molecular formula is C21H28N6O. The van der Waals surface area contributed by atoms with E-state index in [9.17, 15) is 4.79 Å². The number of aromatic nitrogens is 2. The van der Waals surface area contributed by atoms with E-state index < -0.39 is 5.66 Å². The number of hydrogen-bond donors (Lipinski definition) is 2. The molecule has 1 amide bonds. The molecule has 1 atom stereocenters. The quantitative estimate of drug-likeness (QED) is 0.843. The van der Waals surface area contributed by atoms with E-state index in [1.807, 2.05) is 32.2 Å². The van der Waals surface area contributed by atoms with Crippen LogP contribution in [-0.2, 0) is 10.5 Å². The zero-order chi connectivity index (χ0) is 19.9. The summed E-state index contributed by atoms with van der Waals surface area (Å²) in [6.07, 6.45) is 2.52. The van der Waals surface area contributed by atoms with Gasteiger partial charge in [-0.1, -0.05) is 37.3 Å². The highest BCUT2D eigenvalue weighted by Crippen LogP contribution is 2.37. The van der Waals surface area contributed by atoms with Crippen LogP contribution in [-0.4, -0.2) is 48.1 Å². The first kappa shape index (κ1) is 18.8. The number of amides is 1. The maximum Gasteiger partial charge on any atom is 0.249 e. The Morgan fingerprint density at radius 2 is 1.89 bits per heavy atom. The van der Waals surface area contributed by atoms with Gasteiger partial charge in [0.1, 0.15) is 11.7 Å². The number of nitrogens with zero attached hydrogens (tertiary/aromatic N) is 4. The molecule has 0 radical (unpaired) electrons. The second kappa shape index (κ2) is 7.14. The van der Waals surface area contributed by atoms with E-state index in [0.29, 0.717) is 5.82 Å². The smallest absolute Gasteiger partial charge is 0.249 e.